The SMILES string of the molecule is Cn1c(Cc2cccc(F)c2F)nnc1SCC(=O)O. The fourth-order valence-electron chi connectivity index (χ4n) is 1.61. The van der Waals surface area contributed by atoms with Crippen LogP contribution in [0.2, 0.25) is 0 Å². The zero-order valence-electron chi connectivity index (χ0n) is 10.5. The number of rotatable bonds is 5. The maximum Gasteiger partial charge on any atom is 0.313 e. The molecule has 1 N–H and O–H groups in total. The molecule has 0 radical (unpaired) electrons. The molecule has 1 aromatic heterocycles. The fraction of sp³-hybridized carbons (Fsp3) is 0.250. The number of aromatic nitrogens is 3. The first-order valence-corrected chi connectivity index (χ1v) is 6.63. The van der Waals surface area contributed by atoms with E-state index in [9.17, 15) is 13.6 Å². The van der Waals surface area contributed by atoms with E-state index < -0.39 is 17.6 Å². The van der Waals surface area contributed by atoms with Crippen LogP contribution in [0.3, 0.4) is 0 Å². The predicted molar refractivity (Wildman–Crippen MR) is 68.5 cm³/mol. The van der Waals surface area contributed by atoms with Gasteiger partial charge in [0.25, 0.3) is 0 Å². The van der Waals surface area contributed by atoms with Crippen LogP contribution in [0.5, 0.6) is 0 Å². The van der Waals surface area contributed by atoms with Gasteiger partial charge in [0.1, 0.15) is 5.82 Å². The quantitative estimate of drug-likeness (QED) is 0.854. The first-order chi connectivity index (χ1) is 9.49. The third kappa shape index (κ3) is 3.13. The Morgan fingerprint density at radius 1 is 1.40 bits per heavy atom. The molecule has 1 heterocycles. The lowest BCUT2D eigenvalue weighted by molar-refractivity contribution is -0.133. The highest BCUT2D eigenvalue weighted by Crippen LogP contribution is 2.19. The third-order valence-corrected chi connectivity index (χ3v) is 3.63. The zero-order valence-corrected chi connectivity index (χ0v) is 11.3. The molecule has 8 heteroatoms. The molecule has 0 aliphatic heterocycles. The molecule has 0 amide bonds. The van der Waals surface area contributed by atoms with Gasteiger partial charge in [0.15, 0.2) is 16.8 Å². The Labute approximate surface area is 117 Å². The number of thioether (sulfide) groups is 1. The molecule has 20 heavy (non-hydrogen) atoms. The van der Waals surface area contributed by atoms with Crippen LogP contribution in [0, 0.1) is 11.6 Å². The van der Waals surface area contributed by atoms with Gasteiger partial charge in [0.2, 0.25) is 0 Å². The van der Waals surface area contributed by atoms with Crippen LogP contribution in [-0.2, 0) is 18.3 Å². The van der Waals surface area contributed by atoms with E-state index >= 15 is 0 Å². The summed E-state index contributed by atoms with van der Waals surface area (Å²) in [4.78, 5) is 10.5. The summed E-state index contributed by atoms with van der Waals surface area (Å²) in [6, 6.07) is 3.94. The number of carboxylic acids is 1. The minimum atomic E-state index is -0.962. The van der Waals surface area contributed by atoms with Crippen LogP contribution in [0.1, 0.15) is 11.4 Å². The van der Waals surface area contributed by atoms with E-state index in [-0.39, 0.29) is 17.7 Å². The Bertz CT molecular complexity index is 646. The summed E-state index contributed by atoms with van der Waals surface area (Å²) < 4.78 is 28.2. The van der Waals surface area contributed by atoms with Crippen molar-refractivity contribution in [2.24, 2.45) is 7.05 Å². The Balaban J connectivity index is 2.18. The van der Waals surface area contributed by atoms with E-state index in [4.69, 9.17) is 5.11 Å². The second-order valence-electron chi connectivity index (χ2n) is 4.03. The summed E-state index contributed by atoms with van der Waals surface area (Å²) in [7, 11) is 1.65. The van der Waals surface area contributed by atoms with Gasteiger partial charge in [-0.3, -0.25) is 4.79 Å². The van der Waals surface area contributed by atoms with Crippen LogP contribution in [0.25, 0.3) is 0 Å². The van der Waals surface area contributed by atoms with Gasteiger partial charge >= 0.3 is 5.97 Å². The van der Waals surface area contributed by atoms with Gasteiger partial charge in [0, 0.05) is 13.5 Å². The second kappa shape index (κ2) is 6.00. The van der Waals surface area contributed by atoms with Crippen molar-refractivity contribution >= 4 is 17.7 Å². The van der Waals surface area contributed by atoms with E-state index in [1.165, 1.54) is 12.1 Å². The molecule has 0 spiro atoms. The van der Waals surface area contributed by atoms with Crippen molar-refractivity contribution < 1.29 is 18.7 Å². The summed E-state index contributed by atoms with van der Waals surface area (Å²) in [6.07, 6.45) is 0.0841. The average Bonchev–Trinajstić information content (AvgIpc) is 2.74. The standard InChI is InChI=1S/C12H11F2N3O2S/c1-17-9(15-16-12(17)20-6-10(18)19)5-7-3-2-4-8(13)11(7)14/h2-4H,5-6H2,1H3,(H,18,19). The summed E-state index contributed by atoms with van der Waals surface area (Å²) in [5.41, 5.74) is 0.176. The predicted octanol–water partition coefficient (Wildman–Crippen LogP) is 1.86. The highest BCUT2D eigenvalue weighted by Gasteiger charge is 2.14. The van der Waals surface area contributed by atoms with Gasteiger partial charge in [-0.2, -0.15) is 0 Å². The number of carboxylic acid groups (broad SMARTS) is 1. The molecule has 0 fully saturated rings. The van der Waals surface area contributed by atoms with Gasteiger partial charge in [-0.25, -0.2) is 8.78 Å². The van der Waals surface area contributed by atoms with E-state index in [1.807, 2.05) is 0 Å². The number of nitrogens with zero attached hydrogens (tertiary/aromatic N) is 3. The summed E-state index contributed by atoms with van der Waals surface area (Å²) >= 11 is 1.02. The first kappa shape index (κ1) is 14.4. The zero-order chi connectivity index (χ0) is 14.7. The molecule has 0 unspecified atom stereocenters. The number of hydrogen-bond acceptors (Lipinski definition) is 4. The minimum Gasteiger partial charge on any atom is -0.481 e. The molecule has 0 saturated heterocycles. The Hall–Kier alpha value is -1.96. The number of hydrogen-bond donors (Lipinski definition) is 1. The maximum absolute atomic E-state index is 13.6. The van der Waals surface area contributed by atoms with Crippen LogP contribution in [0.15, 0.2) is 23.4 Å². The van der Waals surface area contributed by atoms with Gasteiger partial charge in [-0.05, 0) is 11.6 Å². The molecule has 0 aliphatic rings. The van der Waals surface area contributed by atoms with Crippen molar-refractivity contribution in [3.63, 3.8) is 0 Å². The van der Waals surface area contributed by atoms with Crippen LogP contribution in [-0.4, -0.2) is 31.6 Å². The molecular formula is C12H11F2N3O2S. The number of carbonyl (C=O) groups is 1. The van der Waals surface area contributed by atoms with Crippen molar-refractivity contribution in [2.75, 3.05) is 5.75 Å². The molecule has 2 aromatic rings. The van der Waals surface area contributed by atoms with E-state index in [0.29, 0.717) is 11.0 Å². The van der Waals surface area contributed by atoms with Crippen LogP contribution < -0.4 is 0 Å². The molecule has 5 nitrogen and oxygen atoms in total. The Kier molecular flexibility index (Phi) is 4.33. The fourth-order valence-corrected chi connectivity index (χ4v) is 2.26. The lowest BCUT2D eigenvalue weighted by Crippen LogP contribution is -2.04. The van der Waals surface area contributed by atoms with Crippen molar-refractivity contribution in [3.05, 3.63) is 41.2 Å². The van der Waals surface area contributed by atoms with E-state index in [0.717, 1.165) is 17.8 Å². The smallest absolute Gasteiger partial charge is 0.313 e. The lowest BCUT2D eigenvalue weighted by atomic mass is 10.1. The van der Waals surface area contributed by atoms with Crippen molar-refractivity contribution in [1.82, 2.24) is 14.8 Å². The average molecular weight is 299 g/mol. The summed E-state index contributed by atoms with van der Waals surface area (Å²) in [6.45, 7) is 0. The third-order valence-electron chi connectivity index (χ3n) is 2.63. The minimum absolute atomic E-state index is 0.0841. The number of halogens is 2. The van der Waals surface area contributed by atoms with E-state index in [1.54, 1.807) is 11.6 Å². The first-order valence-electron chi connectivity index (χ1n) is 5.64. The van der Waals surface area contributed by atoms with Crippen LogP contribution in [0.4, 0.5) is 8.78 Å². The van der Waals surface area contributed by atoms with Crippen molar-refractivity contribution in [3.8, 4) is 0 Å². The number of benzene rings is 1. The van der Waals surface area contributed by atoms with Gasteiger partial charge in [-0.1, -0.05) is 23.9 Å². The summed E-state index contributed by atoms with van der Waals surface area (Å²) in [5, 5.41) is 16.7. The summed E-state index contributed by atoms with van der Waals surface area (Å²) in [5.74, 6) is -2.49. The van der Waals surface area contributed by atoms with E-state index in [2.05, 4.69) is 10.2 Å². The Morgan fingerprint density at radius 2 is 2.15 bits per heavy atom. The van der Waals surface area contributed by atoms with Crippen molar-refractivity contribution in [2.45, 2.75) is 11.6 Å². The molecule has 0 bridgehead atoms. The lowest BCUT2D eigenvalue weighted by Gasteiger charge is -2.04. The largest absolute Gasteiger partial charge is 0.481 e. The maximum atomic E-state index is 13.6. The molecule has 106 valence electrons. The monoisotopic (exact) mass is 299 g/mol. The molecule has 0 saturated carbocycles. The second-order valence-corrected chi connectivity index (χ2v) is 4.97. The molecule has 2 rings (SSSR count). The van der Waals surface area contributed by atoms with Crippen molar-refractivity contribution in [1.29, 1.82) is 0 Å². The highest BCUT2D eigenvalue weighted by molar-refractivity contribution is 7.99. The topological polar surface area (TPSA) is 68.0 Å². The normalized spacial score (nSPS) is 10.8. The molecular weight excluding hydrogens is 288 g/mol. The van der Waals surface area contributed by atoms with Gasteiger partial charge in [0.05, 0.1) is 5.75 Å². The molecule has 0 aliphatic carbocycles. The van der Waals surface area contributed by atoms with Gasteiger partial charge in [-0.15, -0.1) is 10.2 Å². The molecule has 1 aromatic carbocycles. The van der Waals surface area contributed by atoms with Crippen LogP contribution >= 0.6 is 11.8 Å². The highest BCUT2D eigenvalue weighted by atomic mass is 32.2. The molecule has 0 atom stereocenters. The number of aliphatic carboxylic acids is 1. The van der Waals surface area contributed by atoms with Gasteiger partial charge < -0.3 is 9.67 Å². The Morgan fingerprint density at radius 3 is 2.85 bits per heavy atom.